The van der Waals surface area contributed by atoms with Crippen LogP contribution in [-0.2, 0) is 6.54 Å². The molecule has 0 aromatic carbocycles. The highest BCUT2D eigenvalue weighted by Gasteiger charge is 2.04. The van der Waals surface area contributed by atoms with Gasteiger partial charge in [0.05, 0.1) is 7.11 Å². The van der Waals surface area contributed by atoms with E-state index in [0.29, 0.717) is 30.9 Å². The van der Waals surface area contributed by atoms with E-state index >= 15 is 0 Å². The number of ether oxygens (including phenoxy) is 1. The van der Waals surface area contributed by atoms with Crippen molar-refractivity contribution in [2.75, 3.05) is 24.3 Å². The first-order valence-electron chi connectivity index (χ1n) is 6.09. The van der Waals surface area contributed by atoms with E-state index in [1.54, 1.807) is 13.3 Å². The predicted molar refractivity (Wildman–Crippen MR) is 77.1 cm³/mol. The predicted octanol–water partition coefficient (Wildman–Crippen LogP) is 1.97. The lowest BCUT2D eigenvalue weighted by Crippen LogP contribution is -2.09. The van der Waals surface area contributed by atoms with E-state index in [9.17, 15) is 0 Å². The normalized spacial score (nSPS) is 10.2. The molecule has 8 heteroatoms. The lowest BCUT2D eigenvalue weighted by molar-refractivity contribution is 0.397. The standard InChI is InChI=1S/C12H15ClN6O/c1-3-14-11-17-10(13)18-12(19-11)16-7-8-4-5-15-9(6-8)20-2/h4-6H,3,7H2,1-2H3,(H2,14,16,17,18,19). The summed E-state index contributed by atoms with van der Waals surface area (Å²) in [7, 11) is 1.58. The third-order valence-electron chi connectivity index (χ3n) is 2.40. The third-order valence-corrected chi connectivity index (χ3v) is 2.57. The Morgan fingerprint density at radius 3 is 2.65 bits per heavy atom. The number of rotatable bonds is 6. The van der Waals surface area contributed by atoms with Gasteiger partial charge in [0.2, 0.25) is 23.1 Å². The zero-order chi connectivity index (χ0) is 14.4. The van der Waals surface area contributed by atoms with E-state index in [0.717, 1.165) is 5.56 Å². The quantitative estimate of drug-likeness (QED) is 0.842. The van der Waals surface area contributed by atoms with Crippen molar-refractivity contribution in [1.82, 2.24) is 19.9 Å². The van der Waals surface area contributed by atoms with Crippen LogP contribution in [0.15, 0.2) is 18.3 Å². The van der Waals surface area contributed by atoms with E-state index in [1.165, 1.54) is 0 Å². The molecule has 0 spiro atoms. The average molecular weight is 295 g/mol. The molecule has 2 aromatic rings. The lowest BCUT2D eigenvalue weighted by atomic mass is 10.2. The van der Waals surface area contributed by atoms with Gasteiger partial charge in [0.15, 0.2) is 0 Å². The zero-order valence-corrected chi connectivity index (χ0v) is 12.0. The zero-order valence-electron chi connectivity index (χ0n) is 11.2. The van der Waals surface area contributed by atoms with Crippen LogP contribution in [0, 0.1) is 0 Å². The molecular weight excluding hydrogens is 280 g/mol. The first kappa shape index (κ1) is 14.3. The Morgan fingerprint density at radius 1 is 1.20 bits per heavy atom. The van der Waals surface area contributed by atoms with Crippen molar-refractivity contribution >= 4 is 23.5 Å². The summed E-state index contributed by atoms with van der Waals surface area (Å²) >= 11 is 5.84. The molecule has 0 saturated carbocycles. The van der Waals surface area contributed by atoms with Crippen molar-refractivity contribution in [3.05, 3.63) is 29.2 Å². The molecule has 20 heavy (non-hydrogen) atoms. The summed E-state index contributed by atoms with van der Waals surface area (Å²) in [5, 5.41) is 6.21. The minimum Gasteiger partial charge on any atom is -0.481 e. The molecule has 0 amide bonds. The largest absolute Gasteiger partial charge is 0.481 e. The molecule has 0 aliphatic heterocycles. The highest BCUT2D eigenvalue weighted by Crippen LogP contribution is 2.12. The van der Waals surface area contributed by atoms with Gasteiger partial charge in [0, 0.05) is 25.4 Å². The van der Waals surface area contributed by atoms with Crippen molar-refractivity contribution in [2.24, 2.45) is 0 Å². The Labute approximate surface area is 121 Å². The Hall–Kier alpha value is -2.15. The van der Waals surface area contributed by atoms with Crippen molar-refractivity contribution in [3.8, 4) is 5.88 Å². The van der Waals surface area contributed by atoms with Crippen LogP contribution in [-0.4, -0.2) is 33.6 Å². The summed E-state index contributed by atoms with van der Waals surface area (Å²) in [6, 6.07) is 3.71. The first-order valence-corrected chi connectivity index (χ1v) is 6.47. The van der Waals surface area contributed by atoms with Crippen LogP contribution in [0.5, 0.6) is 5.88 Å². The molecule has 2 aromatic heterocycles. The van der Waals surface area contributed by atoms with Crippen LogP contribution in [0.3, 0.4) is 0 Å². The third kappa shape index (κ3) is 3.92. The summed E-state index contributed by atoms with van der Waals surface area (Å²) in [6.07, 6.45) is 1.68. The van der Waals surface area contributed by atoms with Gasteiger partial charge in [-0.2, -0.15) is 15.0 Å². The molecule has 0 saturated heterocycles. The number of nitrogens with zero attached hydrogens (tertiary/aromatic N) is 4. The molecule has 2 N–H and O–H groups in total. The minimum absolute atomic E-state index is 0.144. The summed E-state index contributed by atoms with van der Waals surface area (Å²) in [5.74, 6) is 1.42. The molecule has 0 radical (unpaired) electrons. The number of hydrogen-bond donors (Lipinski definition) is 2. The van der Waals surface area contributed by atoms with Gasteiger partial charge in [0.25, 0.3) is 0 Å². The Balaban J connectivity index is 2.06. The number of pyridine rings is 1. The molecule has 7 nitrogen and oxygen atoms in total. The summed E-state index contributed by atoms with van der Waals surface area (Å²) in [4.78, 5) is 16.2. The molecule has 0 aliphatic carbocycles. The number of methoxy groups -OCH3 is 1. The minimum atomic E-state index is 0.144. The van der Waals surface area contributed by atoms with Crippen LogP contribution in [0.2, 0.25) is 5.28 Å². The lowest BCUT2D eigenvalue weighted by Gasteiger charge is -2.08. The highest BCUT2D eigenvalue weighted by molar-refractivity contribution is 6.28. The number of anilines is 2. The second-order valence-electron chi connectivity index (χ2n) is 3.84. The average Bonchev–Trinajstić information content (AvgIpc) is 2.45. The van der Waals surface area contributed by atoms with Crippen molar-refractivity contribution in [1.29, 1.82) is 0 Å². The molecule has 0 atom stereocenters. The van der Waals surface area contributed by atoms with Crippen LogP contribution in [0.25, 0.3) is 0 Å². The maximum absolute atomic E-state index is 5.84. The van der Waals surface area contributed by atoms with Gasteiger partial charge in [-0.3, -0.25) is 0 Å². The van der Waals surface area contributed by atoms with Crippen LogP contribution in [0.4, 0.5) is 11.9 Å². The summed E-state index contributed by atoms with van der Waals surface area (Å²) in [6.45, 7) is 3.19. The molecule has 106 valence electrons. The highest BCUT2D eigenvalue weighted by atomic mass is 35.5. The van der Waals surface area contributed by atoms with Gasteiger partial charge < -0.3 is 15.4 Å². The number of hydrogen-bond acceptors (Lipinski definition) is 7. The van der Waals surface area contributed by atoms with Gasteiger partial charge in [-0.25, -0.2) is 4.98 Å². The van der Waals surface area contributed by atoms with E-state index in [2.05, 4.69) is 30.6 Å². The first-order chi connectivity index (χ1) is 9.71. The molecule has 0 aliphatic rings. The fourth-order valence-electron chi connectivity index (χ4n) is 1.52. The van der Waals surface area contributed by atoms with Crippen LogP contribution >= 0.6 is 11.6 Å². The van der Waals surface area contributed by atoms with E-state index < -0.39 is 0 Å². The smallest absolute Gasteiger partial charge is 0.229 e. The Bertz CT molecular complexity index is 580. The van der Waals surface area contributed by atoms with Crippen LogP contribution < -0.4 is 15.4 Å². The Kier molecular flexibility index (Phi) is 4.89. The number of halogens is 1. The number of nitrogens with one attached hydrogen (secondary N) is 2. The molecule has 2 rings (SSSR count). The van der Waals surface area contributed by atoms with E-state index in [-0.39, 0.29) is 5.28 Å². The second kappa shape index (κ2) is 6.85. The molecule has 2 heterocycles. The van der Waals surface area contributed by atoms with Crippen molar-refractivity contribution < 1.29 is 4.74 Å². The van der Waals surface area contributed by atoms with E-state index in [4.69, 9.17) is 16.3 Å². The summed E-state index contributed by atoms with van der Waals surface area (Å²) < 4.78 is 5.07. The van der Waals surface area contributed by atoms with Crippen molar-refractivity contribution in [3.63, 3.8) is 0 Å². The fourth-order valence-corrected chi connectivity index (χ4v) is 1.68. The molecule has 0 fully saturated rings. The number of aromatic nitrogens is 4. The monoisotopic (exact) mass is 294 g/mol. The van der Waals surface area contributed by atoms with Gasteiger partial charge >= 0.3 is 0 Å². The maximum atomic E-state index is 5.84. The topological polar surface area (TPSA) is 84.9 Å². The molecular formula is C12H15ClN6O. The van der Waals surface area contributed by atoms with Gasteiger partial charge in [-0.1, -0.05) is 0 Å². The SMILES string of the molecule is CCNc1nc(Cl)nc(NCc2ccnc(OC)c2)n1. The van der Waals surface area contributed by atoms with Gasteiger partial charge in [0.1, 0.15) is 0 Å². The summed E-state index contributed by atoms with van der Waals surface area (Å²) in [5.41, 5.74) is 0.999. The fraction of sp³-hybridized carbons (Fsp3) is 0.333. The Morgan fingerprint density at radius 2 is 1.95 bits per heavy atom. The van der Waals surface area contributed by atoms with Crippen molar-refractivity contribution in [2.45, 2.75) is 13.5 Å². The van der Waals surface area contributed by atoms with Gasteiger partial charge in [-0.15, -0.1) is 0 Å². The van der Waals surface area contributed by atoms with E-state index in [1.807, 2.05) is 19.1 Å². The van der Waals surface area contributed by atoms with Gasteiger partial charge in [-0.05, 0) is 30.2 Å². The second-order valence-corrected chi connectivity index (χ2v) is 4.18. The van der Waals surface area contributed by atoms with Crippen LogP contribution in [0.1, 0.15) is 12.5 Å². The molecule has 0 bridgehead atoms. The molecule has 0 unspecified atom stereocenters. The maximum Gasteiger partial charge on any atom is 0.229 e.